The Morgan fingerprint density at radius 2 is 2.00 bits per heavy atom. The lowest BCUT2D eigenvalue weighted by molar-refractivity contribution is 0.282. The minimum atomic E-state index is -0.0345. The van der Waals surface area contributed by atoms with Crippen LogP contribution in [0.2, 0.25) is 0 Å². The molecule has 0 atom stereocenters. The molecule has 1 heterocycles. The quantitative estimate of drug-likeness (QED) is 0.849. The maximum Gasteiger partial charge on any atom is 0.135 e. The van der Waals surface area contributed by atoms with Crippen LogP contribution < -0.4 is 10.1 Å². The van der Waals surface area contributed by atoms with Crippen LogP contribution in [0.1, 0.15) is 12.5 Å². The van der Waals surface area contributed by atoms with E-state index in [0.29, 0.717) is 12.4 Å². The van der Waals surface area contributed by atoms with E-state index in [9.17, 15) is 5.11 Å². The summed E-state index contributed by atoms with van der Waals surface area (Å²) in [7, 11) is 0. The molecular formula is C14H16N2O2. The summed E-state index contributed by atoms with van der Waals surface area (Å²) in [4.78, 5) is 4.20. The van der Waals surface area contributed by atoms with E-state index in [1.165, 1.54) is 0 Å². The fraction of sp³-hybridized carbons (Fsp3) is 0.214. The number of anilines is 2. The first-order valence-electron chi connectivity index (χ1n) is 5.88. The van der Waals surface area contributed by atoms with E-state index >= 15 is 0 Å². The van der Waals surface area contributed by atoms with Crippen molar-refractivity contribution in [2.75, 3.05) is 11.9 Å². The SMILES string of the molecule is CCOc1ccc(Nc2ncccc2CO)cc1. The van der Waals surface area contributed by atoms with Crippen LogP contribution in [-0.4, -0.2) is 16.7 Å². The Hall–Kier alpha value is -2.07. The van der Waals surface area contributed by atoms with Crippen LogP contribution in [0.5, 0.6) is 5.75 Å². The van der Waals surface area contributed by atoms with Gasteiger partial charge in [-0.3, -0.25) is 0 Å². The van der Waals surface area contributed by atoms with Crippen molar-refractivity contribution in [2.24, 2.45) is 0 Å². The highest BCUT2D eigenvalue weighted by Crippen LogP contribution is 2.21. The van der Waals surface area contributed by atoms with E-state index in [2.05, 4.69) is 10.3 Å². The fourth-order valence-electron chi connectivity index (χ4n) is 1.62. The standard InChI is InChI=1S/C14H16N2O2/c1-2-18-13-7-5-12(6-8-13)16-14-11(10-17)4-3-9-15-14/h3-9,17H,2,10H2,1H3,(H,15,16). The molecule has 18 heavy (non-hydrogen) atoms. The Morgan fingerprint density at radius 1 is 1.22 bits per heavy atom. The molecule has 1 aromatic carbocycles. The summed E-state index contributed by atoms with van der Waals surface area (Å²) >= 11 is 0. The highest BCUT2D eigenvalue weighted by atomic mass is 16.5. The molecule has 0 fully saturated rings. The van der Waals surface area contributed by atoms with Gasteiger partial charge in [0.15, 0.2) is 0 Å². The molecule has 0 saturated heterocycles. The molecule has 2 aromatic rings. The van der Waals surface area contributed by atoms with Crippen molar-refractivity contribution >= 4 is 11.5 Å². The van der Waals surface area contributed by atoms with Crippen LogP contribution in [0.25, 0.3) is 0 Å². The van der Waals surface area contributed by atoms with Gasteiger partial charge in [0.1, 0.15) is 11.6 Å². The highest BCUT2D eigenvalue weighted by Gasteiger charge is 2.02. The minimum Gasteiger partial charge on any atom is -0.494 e. The van der Waals surface area contributed by atoms with Gasteiger partial charge in [-0.2, -0.15) is 0 Å². The molecule has 0 unspecified atom stereocenters. The van der Waals surface area contributed by atoms with Gasteiger partial charge in [-0.15, -0.1) is 0 Å². The zero-order chi connectivity index (χ0) is 12.8. The van der Waals surface area contributed by atoms with Gasteiger partial charge in [0.2, 0.25) is 0 Å². The van der Waals surface area contributed by atoms with Crippen molar-refractivity contribution in [2.45, 2.75) is 13.5 Å². The third kappa shape index (κ3) is 2.99. The first kappa shape index (κ1) is 12.4. The molecule has 1 aromatic heterocycles. The monoisotopic (exact) mass is 244 g/mol. The van der Waals surface area contributed by atoms with Gasteiger partial charge in [0.05, 0.1) is 13.2 Å². The second-order valence-electron chi connectivity index (χ2n) is 3.75. The normalized spacial score (nSPS) is 10.1. The average molecular weight is 244 g/mol. The molecule has 0 aliphatic carbocycles. The van der Waals surface area contributed by atoms with Crippen molar-refractivity contribution < 1.29 is 9.84 Å². The Kier molecular flexibility index (Phi) is 4.15. The lowest BCUT2D eigenvalue weighted by atomic mass is 10.2. The topological polar surface area (TPSA) is 54.4 Å². The Balaban J connectivity index is 2.13. The minimum absolute atomic E-state index is 0.0345. The van der Waals surface area contributed by atoms with Crippen molar-refractivity contribution in [3.8, 4) is 5.75 Å². The lowest BCUT2D eigenvalue weighted by Crippen LogP contribution is -1.98. The first-order chi connectivity index (χ1) is 8.83. The largest absolute Gasteiger partial charge is 0.494 e. The van der Waals surface area contributed by atoms with Crippen molar-refractivity contribution in [3.05, 3.63) is 48.2 Å². The summed E-state index contributed by atoms with van der Waals surface area (Å²) in [5.74, 6) is 1.51. The maximum absolute atomic E-state index is 9.21. The highest BCUT2D eigenvalue weighted by molar-refractivity contribution is 5.59. The number of nitrogens with zero attached hydrogens (tertiary/aromatic N) is 1. The number of aliphatic hydroxyl groups excluding tert-OH is 1. The number of nitrogens with one attached hydrogen (secondary N) is 1. The van der Waals surface area contributed by atoms with Crippen molar-refractivity contribution in [1.29, 1.82) is 0 Å². The molecule has 4 heteroatoms. The Morgan fingerprint density at radius 3 is 2.67 bits per heavy atom. The predicted molar refractivity (Wildman–Crippen MR) is 71.1 cm³/mol. The number of pyridine rings is 1. The lowest BCUT2D eigenvalue weighted by Gasteiger charge is -2.10. The van der Waals surface area contributed by atoms with Gasteiger partial charge >= 0.3 is 0 Å². The Labute approximate surface area is 106 Å². The number of hydrogen-bond acceptors (Lipinski definition) is 4. The second kappa shape index (κ2) is 6.02. The molecule has 2 N–H and O–H groups in total. The van der Waals surface area contributed by atoms with Crippen LogP contribution in [-0.2, 0) is 6.61 Å². The number of aliphatic hydroxyl groups is 1. The predicted octanol–water partition coefficient (Wildman–Crippen LogP) is 2.72. The number of aromatic nitrogens is 1. The fourth-order valence-corrected chi connectivity index (χ4v) is 1.62. The number of hydrogen-bond donors (Lipinski definition) is 2. The van der Waals surface area contributed by atoms with E-state index in [4.69, 9.17) is 4.74 Å². The van der Waals surface area contributed by atoms with E-state index in [1.54, 1.807) is 12.3 Å². The molecule has 0 aliphatic heterocycles. The Bertz CT molecular complexity index is 497. The van der Waals surface area contributed by atoms with Gasteiger partial charge in [0, 0.05) is 17.4 Å². The molecule has 0 aliphatic rings. The van der Waals surface area contributed by atoms with E-state index in [-0.39, 0.29) is 6.61 Å². The van der Waals surface area contributed by atoms with E-state index < -0.39 is 0 Å². The third-order valence-corrected chi connectivity index (χ3v) is 2.49. The number of rotatable bonds is 5. The van der Waals surface area contributed by atoms with Gasteiger partial charge in [-0.25, -0.2) is 4.98 Å². The summed E-state index contributed by atoms with van der Waals surface area (Å²) < 4.78 is 5.37. The molecule has 0 saturated carbocycles. The zero-order valence-electron chi connectivity index (χ0n) is 10.3. The summed E-state index contributed by atoms with van der Waals surface area (Å²) in [5, 5.41) is 12.4. The molecule has 2 rings (SSSR count). The van der Waals surface area contributed by atoms with Crippen LogP contribution in [0, 0.1) is 0 Å². The summed E-state index contributed by atoms with van der Waals surface area (Å²) in [6, 6.07) is 11.3. The summed E-state index contributed by atoms with van der Waals surface area (Å²) in [6.45, 7) is 2.57. The van der Waals surface area contributed by atoms with Crippen LogP contribution in [0.15, 0.2) is 42.6 Å². The van der Waals surface area contributed by atoms with E-state index in [1.807, 2.05) is 37.3 Å². The molecule has 0 spiro atoms. The molecule has 0 bridgehead atoms. The van der Waals surface area contributed by atoms with Crippen molar-refractivity contribution in [3.63, 3.8) is 0 Å². The van der Waals surface area contributed by atoms with Crippen molar-refractivity contribution in [1.82, 2.24) is 4.98 Å². The molecule has 4 nitrogen and oxygen atoms in total. The van der Waals surface area contributed by atoms with Gasteiger partial charge in [0.25, 0.3) is 0 Å². The summed E-state index contributed by atoms with van der Waals surface area (Å²) in [6.07, 6.45) is 1.69. The number of benzene rings is 1. The molecule has 0 radical (unpaired) electrons. The molecule has 94 valence electrons. The van der Waals surface area contributed by atoms with Crippen LogP contribution in [0.4, 0.5) is 11.5 Å². The molecular weight excluding hydrogens is 228 g/mol. The van der Waals surface area contributed by atoms with E-state index in [0.717, 1.165) is 17.0 Å². The number of ether oxygens (including phenoxy) is 1. The summed E-state index contributed by atoms with van der Waals surface area (Å²) in [5.41, 5.74) is 1.68. The second-order valence-corrected chi connectivity index (χ2v) is 3.75. The average Bonchev–Trinajstić information content (AvgIpc) is 2.42. The first-order valence-corrected chi connectivity index (χ1v) is 5.88. The van der Waals surface area contributed by atoms with Gasteiger partial charge in [-0.05, 0) is 37.3 Å². The van der Waals surface area contributed by atoms with Crippen LogP contribution in [0.3, 0.4) is 0 Å². The van der Waals surface area contributed by atoms with Crippen LogP contribution >= 0.6 is 0 Å². The zero-order valence-corrected chi connectivity index (χ0v) is 10.3. The smallest absolute Gasteiger partial charge is 0.135 e. The maximum atomic E-state index is 9.21. The third-order valence-electron chi connectivity index (χ3n) is 2.49. The van der Waals surface area contributed by atoms with Gasteiger partial charge < -0.3 is 15.2 Å². The van der Waals surface area contributed by atoms with Gasteiger partial charge in [-0.1, -0.05) is 6.07 Å². The molecule has 0 amide bonds.